The van der Waals surface area contributed by atoms with Crippen LogP contribution in [0.3, 0.4) is 0 Å². The maximum Gasteiger partial charge on any atom is 0.234 e. The van der Waals surface area contributed by atoms with E-state index in [2.05, 4.69) is 10.6 Å². The van der Waals surface area contributed by atoms with Crippen LogP contribution in [0.25, 0.3) is 0 Å². The summed E-state index contributed by atoms with van der Waals surface area (Å²) in [6.07, 6.45) is 0. The summed E-state index contributed by atoms with van der Waals surface area (Å²) in [5, 5.41) is 6.46. The van der Waals surface area contributed by atoms with Crippen molar-refractivity contribution in [2.45, 2.75) is 0 Å². The van der Waals surface area contributed by atoms with Crippen LogP contribution in [0.1, 0.15) is 0 Å². The lowest BCUT2D eigenvalue weighted by Crippen LogP contribution is -2.18. The van der Waals surface area contributed by atoms with Crippen LogP contribution in [0.4, 0.5) is 11.4 Å². The van der Waals surface area contributed by atoms with Crippen molar-refractivity contribution >= 4 is 58.2 Å². The van der Waals surface area contributed by atoms with E-state index in [1.807, 2.05) is 0 Å². The van der Waals surface area contributed by atoms with Gasteiger partial charge in [-0.3, -0.25) is 9.59 Å². The minimum Gasteiger partial charge on any atom is -0.495 e. The lowest BCUT2D eigenvalue weighted by atomic mass is 10.3. The molecule has 0 atom stereocenters. The van der Waals surface area contributed by atoms with Crippen LogP contribution in [-0.2, 0) is 9.59 Å². The molecule has 25 heavy (non-hydrogen) atoms. The first-order chi connectivity index (χ1) is 12.0. The number of benzene rings is 2. The van der Waals surface area contributed by atoms with E-state index in [0.717, 1.165) is 0 Å². The van der Waals surface area contributed by atoms with Crippen LogP contribution in [0, 0.1) is 0 Å². The summed E-state index contributed by atoms with van der Waals surface area (Å²) in [7, 11) is 1.52. The van der Waals surface area contributed by atoms with Gasteiger partial charge in [0, 0.05) is 16.4 Å². The minimum absolute atomic E-state index is 0.150. The monoisotopic (exact) mass is 398 g/mol. The Labute approximate surface area is 160 Å². The second-order valence-corrected chi connectivity index (χ2v) is 6.77. The molecule has 0 aliphatic carbocycles. The third-order valence-electron chi connectivity index (χ3n) is 3.03. The molecular formula is C17H16Cl2N2O3S. The number of thioether (sulfide) groups is 1. The van der Waals surface area contributed by atoms with Gasteiger partial charge in [-0.15, -0.1) is 11.8 Å². The molecule has 0 unspecified atom stereocenters. The SMILES string of the molecule is COc1ccc(NC(=O)CSCC(=O)Nc2ccc(Cl)cc2)cc1Cl. The number of anilines is 2. The lowest BCUT2D eigenvalue weighted by molar-refractivity contribution is -0.114. The third-order valence-corrected chi connectivity index (χ3v) is 4.51. The summed E-state index contributed by atoms with van der Waals surface area (Å²) in [5.74, 6) is 0.447. The van der Waals surface area contributed by atoms with E-state index in [4.69, 9.17) is 27.9 Å². The minimum atomic E-state index is -0.217. The van der Waals surface area contributed by atoms with Crippen LogP contribution in [0.5, 0.6) is 5.75 Å². The highest BCUT2D eigenvalue weighted by molar-refractivity contribution is 8.00. The van der Waals surface area contributed by atoms with Crippen molar-refractivity contribution in [1.82, 2.24) is 0 Å². The summed E-state index contributed by atoms with van der Waals surface area (Å²) >= 11 is 13.0. The normalized spacial score (nSPS) is 10.2. The third kappa shape index (κ3) is 6.49. The van der Waals surface area contributed by atoms with Gasteiger partial charge in [0.05, 0.1) is 23.6 Å². The van der Waals surface area contributed by atoms with Crippen LogP contribution in [0.2, 0.25) is 10.0 Å². The zero-order valence-corrected chi connectivity index (χ0v) is 15.7. The molecule has 0 aliphatic heterocycles. The fourth-order valence-electron chi connectivity index (χ4n) is 1.91. The Bertz CT molecular complexity index is 754. The van der Waals surface area contributed by atoms with Gasteiger partial charge in [0.1, 0.15) is 5.75 Å². The molecule has 132 valence electrons. The van der Waals surface area contributed by atoms with Gasteiger partial charge in [-0.1, -0.05) is 23.2 Å². The number of rotatable bonds is 7. The van der Waals surface area contributed by atoms with E-state index >= 15 is 0 Å². The fourth-order valence-corrected chi connectivity index (χ4v) is 2.91. The van der Waals surface area contributed by atoms with Gasteiger partial charge in [-0.05, 0) is 42.5 Å². The first-order valence-electron chi connectivity index (χ1n) is 7.24. The molecule has 2 amide bonds. The second kappa shape index (κ2) is 9.56. The fraction of sp³-hybridized carbons (Fsp3) is 0.176. The topological polar surface area (TPSA) is 67.4 Å². The molecule has 0 aromatic heterocycles. The molecule has 0 saturated carbocycles. The lowest BCUT2D eigenvalue weighted by Gasteiger charge is -2.08. The highest BCUT2D eigenvalue weighted by Gasteiger charge is 2.08. The highest BCUT2D eigenvalue weighted by atomic mass is 35.5. The number of carbonyl (C=O) groups is 2. The van der Waals surface area contributed by atoms with Crippen LogP contribution >= 0.6 is 35.0 Å². The number of amides is 2. The molecule has 0 radical (unpaired) electrons. The van der Waals surface area contributed by atoms with Crippen molar-refractivity contribution in [3.63, 3.8) is 0 Å². The number of hydrogen-bond donors (Lipinski definition) is 2. The largest absolute Gasteiger partial charge is 0.495 e. The van der Waals surface area contributed by atoms with E-state index < -0.39 is 0 Å². The van der Waals surface area contributed by atoms with Crippen molar-refractivity contribution in [3.05, 3.63) is 52.5 Å². The molecule has 2 aromatic rings. The smallest absolute Gasteiger partial charge is 0.234 e. The van der Waals surface area contributed by atoms with Crippen molar-refractivity contribution in [2.75, 3.05) is 29.2 Å². The Kier molecular flexibility index (Phi) is 7.43. The first-order valence-corrected chi connectivity index (χ1v) is 9.15. The number of halogens is 2. The maximum absolute atomic E-state index is 11.9. The molecule has 2 N–H and O–H groups in total. The van der Waals surface area contributed by atoms with Crippen molar-refractivity contribution in [3.8, 4) is 5.75 Å². The molecule has 0 bridgehead atoms. The molecule has 0 fully saturated rings. The molecule has 2 rings (SSSR count). The Morgan fingerprint density at radius 3 is 2.08 bits per heavy atom. The van der Waals surface area contributed by atoms with Crippen LogP contribution in [-0.4, -0.2) is 30.4 Å². The van der Waals surface area contributed by atoms with Gasteiger partial charge < -0.3 is 15.4 Å². The Morgan fingerprint density at radius 2 is 1.52 bits per heavy atom. The summed E-state index contributed by atoms with van der Waals surface area (Å²) in [5.41, 5.74) is 1.23. The number of ether oxygens (including phenoxy) is 1. The Balaban J connectivity index is 1.73. The van der Waals surface area contributed by atoms with Gasteiger partial charge in [0.2, 0.25) is 11.8 Å². The van der Waals surface area contributed by atoms with E-state index in [9.17, 15) is 9.59 Å². The number of nitrogens with one attached hydrogen (secondary N) is 2. The Morgan fingerprint density at radius 1 is 0.960 bits per heavy atom. The zero-order valence-electron chi connectivity index (χ0n) is 13.3. The van der Waals surface area contributed by atoms with Gasteiger partial charge >= 0.3 is 0 Å². The Hall–Kier alpha value is -1.89. The summed E-state index contributed by atoms with van der Waals surface area (Å²) < 4.78 is 5.05. The summed E-state index contributed by atoms with van der Waals surface area (Å²) in [4.78, 5) is 23.7. The molecule has 0 spiro atoms. The molecule has 8 heteroatoms. The molecular weight excluding hydrogens is 383 g/mol. The maximum atomic E-state index is 11.9. The highest BCUT2D eigenvalue weighted by Crippen LogP contribution is 2.27. The second-order valence-electron chi connectivity index (χ2n) is 4.95. The van der Waals surface area contributed by atoms with Crippen molar-refractivity contribution < 1.29 is 14.3 Å². The van der Waals surface area contributed by atoms with Gasteiger partial charge in [0.25, 0.3) is 0 Å². The number of methoxy groups -OCH3 is 1. The van der Waals surface area contributed by atoms with E-state index in [1.165, 1.54) is 18.9 Å². The summed E-state index contributed by atoms with van der Waals surface area (Å²) in [6, 6.07) is 11.8. The van der Waals surface area contributed by atoms with Crippen molar-refractivity contribution in [1.29, 1.82) is 0 Å². The van der Waals surface area contributed by atoms with Crippen molar-refractivity contribution in [2.24, 2.45) is 0 Å². The van der Waals surface area contributed by atoms with E-state index in [1.54, 1.807) is 42.5 Å². The van der Waals surface area contributed by atoms with Gasteiger partial charge in [-0.2, -0.15) is 0 Å². The van der Waals surface area contributed by atoms with Gasteiger partial charge in [-0.25, -0.2) is 0 Å². The molecule has 0 saturated heterocycles. The van der Waals surface area contributed by atoms with Crippen LogP contribution < -0.4 is 15.4 Å². The van der Waals surface area contributed by atoms with Gasteiger partial charge in [0.15, 0.2) is 0 Å². The quantitative estimate of drug-likeness (QED) is 0.728. The predicted molar refractivity (Wildman–Crippen MR) is 104 cm³/mol. The molecule has 2 aromatic carbocycles. The molecule has 0 heterocycles. The molecule has 5 nitrogen and oxygen atoms in total. The number of hydrogen-bond acceptors (Lipinski definition) is 4. The molecule has 0 aliphatic rings. The average Bonchev–Trinajstić information content (AvgIpc) is 2.57. The first kappa shape index (κ1) is 19.4. The van der Waals surface area contributed by atoms with E-state index in [-0.39, 0.29) is 23.3 Å². The number of carbonyl (C=O) groups excluding carboxylic acids is 2. The summed E-state index contributed by atoms with van der Waals surface area (Å²) in [6.45, 7) is 0. The average molecular weight is 399 g/mol. The van der Waals surface area contributed by atoms with E-state index in [0.29, 0.717) is 27.2 Å². The predicted octanol–water partition coefficient (Wildman–Crippen LogP) is 4.31. The zero-order chi connectivity index (χ0) is 18.2. The van der Waals surface area contributed by atoms with Crippen LogP contribution in [0.15, 0.2) is 42.5 Å². The standard InChI is InChI=1S/C17H16Cl2N2O3S/c1-24-15-7-6-13(8-14(15)19)21-17(23)10-25-9-16(22)20-12-4-2-11(18)3-5-12/h2-8H,9-10H2,1H3,(H,20,22)(H,21,23).